The summed E-state index contributed by atoms with van der Waals surface area (Å²) < 4.78 is 14.9. The Morgan fingerprint density at radius 3 is 2.73 bits per heavy atom. The van der Waals surface area contributed by atoms with Gasteiger partial charge in [0.2, 0.25) is 4.96 Å². The predicted molar refractivity (Wildman–Crippen MR) is 96.4 cm³/mol. The Morgan fingerprint density at radius 2 is 2.00 bits per heavy atom. The topological polar surface area (TPSA) is 72.2 Å². The van der Waals surface area contributed by atoms with Crippen molar-refractivity contribution in [2.24, 2.45) is 0 Å². The number of nitrogens with zero attached hydrogens (tertiary/aromatic N) is 4. The molecular weight excluding hydrogens is 353 g/mol. The van der Waals surface area contributed by atoms with Crippen molar-refractivity contribution >= 4 is 22.2 Å². The first-order valence-corrected chi connectivity index (χ1v) is 8.74. The molecule has 0 atom stereocenters. The van der Waals surface area contributed by atoms with Crippen molar-refractivity contribution in [2.45, 2.75) is 13.5 Å². The summed E-state index contributed by atoms with van der Waals surface area (Å²) >= 11 is 1.47. The molecule has 0 spiro atoms. The summed E-state index contributed by atoms with van der Waals surface area (Å²) in [5, 5.41) is 16.2. The van der Waals surface area contributed by atoms with Gasteiger partial charge in [-0.2, -0.15) is 9.61 Å². The highest BCUT2D eigenvalue weighted by Gasteiger charge is 2.11. The van der Waals surface area contributed by atoms with Gasteiger partial charge in [-0.3, -0.25) is 4.79 Å². The molecule has 0 aliphatic rings. The van der Waals surface area contributed by atoms with Gasteiger partial charge < -0.3 is 5.32 Å². The molecule has 2 heterocycles. The van der Waals surface area contributed by atoms with Crippen LogP contribution in [-0.2, 0) is 6.54 Å². The summed E-state index contributed by atoms with van der Waals surface area (Å²) in [5.74, 6) is 0.0131. The Labute approximate surface area is 152 Å². The average Bonchev–Trinajstić information content (AvgIpc) is 3.22. The van der Waals surface area contributed by atoms with Crippen molar-refractivity contribution in [3.63, 3.8) is 0 Å². The monoisotopic (exact) mass is 367 g/mol. The molecular formula is C18H14FN5OS. The lowest BCUT2D eigenvalue weighted by molar-refractivity contribution is 0.0950. The Balaban J connectivity index is 1.45. The molecule has 0 radical (unpaired) electrons. The smallest absolute Gasteiger partial charge is 0.251 e. The van der Waals surface area contributed by atoms with Gasteiger partial charge in [0.25, 0.3) is 5.91 Å². The lowest BCUT2D eigenvalue weighted by Crippen LogP contribution is -2.22. The SMILES string of the molecule is Cc1nnc2sc(-c3ccc(CNC(=O)c4cccc(F)c4)cc3)nn12. The zero-order valence-corrected chi connectivity index (χ0v) is 14.6. The van der Waals surface area contributed by atoms with Gasteiger partial charge in [-0.05, 0) is 30.7 Å². The van der Waals surface area contributed by atoms with E-state index in [1.165, 1.54) is 29.5 Å². The van der Waals surface area contributed by atoms with E-state index >= 15 is 0 Å². The summed E-state index contributed by atoms with van der Waals surface area (Å²) in [6.07, 6.45) is 0. The summed E-state index contributed by atoms with van der Waals surface area (Å²) in [6, 6.07) is 13.4. The number of hydrogen-bond donors (Lipinski definition) is 1. The first-order chi connectivity index (χ1) is 12.6. The van der Waals surface area contributed by atoms with E-state index in [1.54, 1.807) is 10.6 Å². The van der Waals surface area contributed by atoms with E-state index in [0.29, 0.717) is 12.1 Å². The van der Waals surface area contributed by atoms with E-state index in [1.807, 2.05) is 31.2 Å². The van der Waals surface area contributed by atoms with E-state index in [4.69, 9.17) is 0 Å². The highest BCUT2D eigenvalue weighted by atomic mass is 32.1. The minimum Gasteiger partial charge on any atom is -0.348 e. The van der Waals surface area contributed by atoms with Crippen LogP contribution >= 0.6 is 11.3 Å². The second-order valence-corrected chi connectivity index (χ2v) is 6.69. The number of fused-ring (bicyclic) bond motifs is 1. The number of carbonyl (C=O) groups is 1. The molecule has 0 unspecified atom stereocenters. The Bertz CT molecular complexity index is 1090. The van der Waals surface area contributed by atoms with Gasteiger partial charge in [0.05, 0.1) is 0 Å². The van der Waals surface area contributed by atoms with Crippen molar-refractivity contribution in [1.82, 2.24) is 25.1 Å². The minimum atomic E-state index is -0.428. The molecule has 0 saturated heterocycles. The van der Waals surface area contributed by atoms with Gasteiger partial charge in [-0.15, -0.1) is 10.2 Å². The number of rotatable bonds is 4. The number of aromatic nitrogens is 4. The first kappa shape index (κ1) is 16.3. The second kappa shape index (κ2) is 6.64. The lowest BCUT2D eigenvalue weighted by atomic mass is 10.1. The number of amides is 1. The van der Waals surface area contributed by atoms with Gasteiger partial charge >= 0.3 is 0 Å². The Hall–Kier alpha value is -3.13. The van der Waals surface area contributed by atoms with Gasteiger partial charge in [-0.25, -0.2) is 4.39 Å². The van der Waals surface area contributed by atoms with Gasteiger partial charge in [0.1, 0.15) is 10.8 Å². The molecule has 6 nitrogen and oxygen atoms in total. The van der Waals surface area contributed by atoms with E-state index < -0.39 is 5.82 Å². The van der Waals surface area contributed by atoms with Crippen LogP contribution in [0.4, 0.5) is 4.39 Å². The fourth-order valence-corrected chi connectivity index (χ4v) is 3.40. The van der Waals surface area contributed by atoms with Crippen LogP contribution in [0.3, 0.4) is 0 Å². The average molecular weight is 367 g/mol. The zero-order valence-electron chi connectivity index (χ0n) is 13.8. The quantitative estimate of drug-likeness (QED) is 0.601. The van der Waals surface area contributed by atoms with Crippen molar-refractivity contribution in [3.8, 4) is 10.6 Å². The molecule has 130 valence electrons. The Morgan fingerprint density at radius 1 is 1.19 bits per heavy atom. The molecule has 0 aliphatic heterocycles. The molecule has 8 heteroatoms. The molecule has 0 saturated carbocycles. The van der Waals surface area contributed by atoms with E-state index in [9.17, 15) is 9.18 Å². The van der Waals surface area contributed by atoms with E-state index in [2.05, 4.69) is 20.6 Å². The molecule has 2 aromatic carbocycles. The van der Waals surface area contributed by atoms with Crippen molar-refractivity contribution in [1.29, 1.82) is 0 Å². The summed E-state index contributed by atoms with van der Waals surface area (Å²) in [6.45, 7) is 2.22. The lowest BCUT2D eigenvalue weighted by Gasteiger charge is -2.06. The highest BCUT2D eigenvalue weighted by Crippen LogP contribution is 2.25. The molecule has 1 amide bonds. The maximum absolute atomic E-state index is 13.2. The number of benzene rings is 2. The molecule has 0 bridgehead atoms. The standard InChI is InChI=1S/C18H14FN5OS/c1-11-21-22-18-24(11)23-17(26-18)13-7-5-12(6-8-13)10-20-16(25)14-3-2-4-15(19)9-14/h2-9H,10H2,1H3,(H,20,25). The molecule has 1 N–H and O–H groups in total. The third-order valence-corrected chi connectivity index (χ3v) is 4.84. The number of nitrogens with one attached hydrogen (secondary N) is 1. The van der Waals surface area contributed by atoms with Crippen LogP contribution in [0, 0.1) is 12.7 Å². The first-order valence-electron chi connectivity index (χ1n) is 7.92. The maximum atomic E-state index is 13.2. The van der Waals surface area contributed by atoms with Crippen LogP contribution in [0.15, 0.2) is 48.5 Å². The zero-order chi connectivity index (χ0) is 18.1. The fourth-order valence-electron chi connectivity index (χ4n) is 2.51. The molecule has 2 aromatic heterocycles. The molecule has 26 heavy (non-hydrogen) atoms. The van der Waals surface area contributed by atoms with Gasteiger partial charge in [-0.1, -0.05) is 41.7 Å². The van der Waals surface area contributed by atoms with Gasteiger partial charge in [0.15, 0.2) is 5.82 Å². The van der Waals surface area contributed by atoms with Crippen LogP contribution in [-0.4, -0.2) is 25.7 Å². The van der Waals surface area contributed by atoms with Crippen molar-refractivity contribution in [2.75, 3.05) is 0 Å². The third-order valence-electron chi connectivity index (χ3n) is 3.89. The van der Waals surface area contributed by atoms with Crippen LogP contribution in [0.25, 0.3) is 15.5 Å². The summed E-state index contributed by atoms with van der Waals surface area (Å²) in [5.41, 5.74) is 2.22. The third kappa shape index (κ3) is 3.18. The van der Waals surface area contributed by atoms with Gasteiger partial charge in [0, 0.05) is 17.7 Å². The second-order valence-electron chi connectivity index (χ2n) is 5.74. The fraction of sp³-hybridized carbons (Fsp3) is 0.111. The number of halogens is 1. The predicted octanol–water partition coefficient (Wildman–Crippen LogP) is 3.23. The highest BCUT2D eigenvalue weighted by molar-refractivity contribution is 7.19. The van der Waals surface area contributed by atoms with Crippen LogP contribution in [0.2, 0.25) is 0 Å². The van der Waals surface area contributed by atoms with Crippen LogP contribution in [0.1, 0.15) is 21.7 Å². The molecule has 4 aromatic rings. The maximum Gasteiger partial charge on any atom is 0.251 e. The summed E-state index contributed by atoms with van der Waals surface area (Å²) in [4.78, 5) is 12.8. The molecule has 0 fully saturated rings. The van der Waals surface area contributed by atoms with Crippen molar-refractivity contribution in [3.05, 3.63) is 71.3 Å². The molecule has 4 rings (SSSR count). The number of hydrogen-bond acceptors (Lipinski definition) is 5. The van der Waals surface area contributed by atoms with E-state index in [-0.39, 0.29) is 5.91 Å². The van der Waals surface area contributed by atoms with Crippen LogP contribution in [0.5, 0.6) is 0 Å². The minimum absolute atomic E-state index is 0.303. The molecule has 0 aliphatic carbocycles. The number of carbonyl (C=O) groups excluding carboxylic acids is 1. The van der Waals surface area contributed by atoms with Crippen molar-refractivity contribution < 1.29 is 9.18 Å². The largest absolute Gasteiger partial charge is 0.348 e. The van der Waals surface area contributed by atoms with Crippen LogP contribution < -0.4 is 5.32 Å². The Kier molecular flexibility index (Phi) is 4.18. The van der Waals surface area contributed by atoms with E-state index in [0.717, 1.165) is 26.9 Å². The normalized spacial score (nSPS) is 11.0. The number of aryl methyl sites for hydroxylation is 1. The summed E-state index contributed by atoms with van der Waals surface area (Å²) in [7, 11) is 0.